The number of hydrogen-bond donors (Lipinski definition) is 3. The molecule has 0 radical (unpaired) electrons. The van der Waals surface area contributed by atoms with E-state index in [1.807, 2.05) is 13.8 Å². The molecule has 0 spiro atoms. The molecule has 5 nitrogen and oxygen atoms in total. The molecule has 2 unspecified atom stereocenters. The Hall–Kier alpha value is -0.650. The van der Waals surface area contributed by atoms with Crippen molar-refractivity contribution in [1.82, 2.24) is 10.3 Å². The Bertz CT molecular complexity index is 148. The van der Waals surface area contributed by atoms with E-state index in [0.717, 1.165) is 0 Å². The highest BCUT2D eigenvalue weighted by atomic mass is 16.1. The minimum Gasteiger partial charge on any atom is -0.340 e. The summed E-state index contributed by atoms with van der Waals surface area (Å²) in [6.07, 6.45) is 1.24. The van der Waals surface area contributed by atoms with Gasteiger partial charge in [0.1, 0.15) is 5.66 Å². The first kappa shape index (κ1) is 11.4. The quantitative estimate of drug-likeness (QED) is 0.216. The molecule has 0 heterocycles. The summed E-state index contributed by atoms with van der Waals surface area (Å²) in [4.78, 5) is 10.3. The van der Waals surface area contributed by atoms with E-state index in [1.54, 1.807) is 7.05 Å². The normalized spacial score (nSPS) is 18.5. The Morgan fingerprint density at radius 1 is 1.75 bits per heavy atom. The average Bonchev–Trinajstić information content (AvgIpc) is 1.85. The van der Waals surface area contributed by atoms with Crippen LogP contribution in [-0.2, 0) is 4.79 Å². The molecular formula is C7H18N4O. The van der Waals surface area contributed by atoms with Crippen LogP contribution in [-0.4, -0.2) is 30.2 Å². The van der Waals surface area contributed by atoms with Crippen molar-refractivity contribution in [2.24, 2.45) is 11.6 Å². The Kier molecular flexibility index (Phi) is 4.16. The van der Waals surface area contributed by atoms with E-state index >= 15 is 0 Å². The van der Waals surface area contributed by atoms with Gasteiger partial charge in [0, 0.05) is 13.1 Å². The summed E-state index contributed by atoms with van der Waals surface area (Å²) in [7, 11) is 1.69. The van der Waals surface area contributed by atoms with E-state index in [9.17, 15) is 4.79 Å². The minimum atomic E-state index is -0.560. The van der Waals surface area contributed by atoms with Crippen molar-refractivity contribution in [3.8, 4) is 0 Å². The van der Waals surface area contributed by atoms with Crippen molar-refractivity contribution in [3.05, 3.63) is 0 Å². The summed E-state index contributed by atoms with van der Waals surface area (Å²) in [6, 6.07) is -0.00606. The van der Waals surface area contributed by atoms with Crippen molar-refractivity contribution in [3.63, 3.8) is 0 Å². The second kappa shape index (κ2) is 4.39. The lowest BCUT2D eigenvalue weighted by molar-refractivity contribution is -0.113. The third-order valence-electron chi connectivity index (χ3n) is 1.87. The first-order chi connectivity index (χ1) is 5.42. The summed E-state index contributed by atoms with van der Waals surface area (Å²) in [5.74, 6) is 5.56. The molecule has 0 aromatic carbocycles. The molecule has 0 aromatic rings. The third kappa shape index (κ3) is 3.17. The van der Waals surface area contributed by atoms with Crippen LogP contribution in [0.3, 0.4) is 0 Å². The third-order valence-corrected chi connectivity index (χ3v) is 1.87. The Morgan fingerprint density at radius 2 is 2.25 bits per heavy atom. The SMILES string of the molecule is CC(N)CC(C)(NC=O)N(C)N. The molecule has 72 valence electrons. The molecule has 5 N–H and O–H groups in total. The fourth-order valence-electron chi connectivity index (χ4n) is 1.06. The molecule has 5 heteroatoms. The fraction of sp³-hybridized carbons (Fsp3) is 0.857. The van der Waals surface area contributed by atoms with E-state index in [4.69, 9.17) is 11.6 Å². The van der Waals surface area contributed by atoms with Gasteiger partial charge in [0.25, 0.3) is 0 Å². The summed E-state index contributed by atoms with van der Waals surface area (Å²) >= 11 is 0. The minimum absolute atomic E-state index is 0.00606. The largest absolute Gasteiger partial charge is 0.340 e. The average molecular weight is 174 g/mol. The van der Waals surface area contributed by atoms with Crippen molar-refractivity contribution >= 4 is 6.41 Å². The van der Waals surface area contributed by atoms with Crippen molar-refractivity contribution < 1.29 is 4.79 Å². The highest BCUT2D eigenvalue weighted by Crippen LogP contribution is 2.11. The first-order valence-electron chi connectivity index (χ1n) is 3.88. The van der Waals surface area contributed by atoms with Gasteiger partial charge in [-0.25, -0.2) is 5.01 Å². The van der Waals surface area contributed by atoms with Gasteiger partial charge in [-0.1, -0.05) is 0 Å². The van der Waals surface area contributed by atoms with Crippen LogP contribution >= 0.6 is 0 Å². The molecule has 1 amide bonds. The maximum atomic E-state index is 10.3. The Morgan fingerprint density at radius 3 is 2.50 bits per heavy atom. The predicted molar refractivity (Wildman–Crippen MR) is 47.8 cm³/mol. The lowest BCUT2D eigenvalue weighted by Crippen LogP contribution is -2.59. The summed E-state index contributed by atoms with van der Waals surface area (Å²) in [5, 5.41) is 4.08. The second-order valence-electron chi connectivity index (χ2n) is 3.33. The van der Waals surface area contributed by atoms with Gasteiger partial charge in [0.2, 0.25) is 6.41 Å². The molecule has 12 heavy (non-hydrogen) atoms. The molecule has 0 saturated heterocycles. The van der Waals surface area contributed by atoms with E-state index in [-0.39, 0.29) is 6.04 Å². The van der Waals surface area contributed by atoms with Crippen molar-refractivity contribution in [2.45, 2.75) is 32.0 Å². The lowest BCUT2D eigenvalue weighted by atomic mass is 10.0. The zero-order valence-electron chi connectivity index (χ0n) is 7.87. The van der Waals surface area contributed by atoms with Crippen LogP contribution < -0.4 is 16.9 Å². The van der Waals surface area contributed by atoms with Gasteiger partial charge in [-0.2, -0.15) is 0 Å². The maximum absolute atomic E-state index is 10.3. The van der Waals surface area contributed by atoms with Crippen LogP contribution in [0.1, 0.15) is 20.3 Å². The van der Waals surface area contributed by atoms with Gasteiger partial charge >= 0.3 is 0 Å². The summed E-state index contributed by atoms with van der Waals surface area (Å²) in [6.45, 7) is 3.69. The smallest absolute Gasteiger partial charge is 0.208 e. The molecule has 0 bridgehead atoms. The highest BCUT2D eigenvalue weighted by Gasteiger charge is 2.27. The van der Waals surface area contributed by atoms with Gasteiger partial charge in [0.15, 0.2) is 0 Å². The summed E-state index contributed by atoms with van der Waals surface area (Å²) in [5.41, 5.74) is 5.05. The number of nitrogens with two attached hydrogens (primary N) is 2. The predicted octanol–water partition coefficient (Wildman–Crippen LogP) is -1.01. The molecule has 0 saturated carbocycles. The lowest BCUT2D eigenvalue weighted by Gasteiger charge is -2.36. The van der Waals surface area contributed by atoms with Crippen molar-refractivity contribution in [1.29, 1.82) is 0 Å². The van der Waals surface area contributed by atoms with Crippen LogP contribution in [0.2, 0.25) is 0 Å². The van der Waals surface area contributed by atoms with Crippen LogP contribution in [0.5, 0.6) is 0 Å². The van der Waals surface area contributed by atoms with E-state index < -0.39 is 5.66 Å². The van der Waals surface area contributed by atoms with Crippen LogP contribution in [0, 0.1) is 0 Å². The number of amides is 1. The molecular weight excluding hydrogens is 156 g/mol. The first-order valence-corrected chi connectivity index (χ1v) is 3.88. The number of hydrazine groups is 1. The van der Waals surface area contributed by atoms with E-state index in [1.165, 1.54) is 5.01 Å². The fourth-order valence-corrected chi connectivity index (χ4v) is 1.06. The van der Waals surface area contributed by atoms with Gasteiger partial charge in [-0.15, -0.1) is 0 Å². The molecule has 0 aliphatic rings. The number of nitrogens with one attached hydrogen (secondary N) is 1. The second-order valence-corrected chi connectivity index (χ2v) is 3.33. The van der Waals surface area contributed by atoms with Gasteiger partial charge in [0.05, 0.1) is 0 Å². The molecule has 2 atom stereocenters. The van der Waals surface area contributed by atoms with Crippen molar-refractivity contribution in [2.75, 3.05) is 7.05 Å². The Balaban J connectivity index is 4.27. The highest BCUT2D eigenvalue weighted by molar-refractivity contribution is 5.47. The zero-order chi connectivity index (χ0) is 9.78. The zero-order valence-corrected chi connectivity index (χ0v) is 7.87. The molecule has 0 aromatic heterocycles. The number of nitrogens with zero attached hydrogens (tertiary/aromatic N) is 1. The Labute approximate surface area is 73.1 Å². The summed E-state index contributed by atoms with van der Waals surface area (Å²) < 4.78 is 0. The maximum Gasteiger partial charge on any atom is 0.208 e. The number of carbonyl (C=O) groups is 1. The van der Waals surface area contributed by atoms with Gasteiger partial charge < -0.3 is 11.1 Å². The molecule has 0 aliphatic heterocycles. The number of carbonyl (C=O) groups excluding carboxylic acids is 1. The molecule has 0 aliphatic carbocycles. The van der Waals surface area contributed by atoms with Crippen LogP contribution in [0.15, 0.2) is 0 Å². The molecule has 0 rings (SSSR count). The van der Waals surface area contributed by atoms with E-state index in [2.05, 4.69) is 5.32 Å². The van der Waals surface area contributed by atoms with Gasteiger partial charge in [-0.3, -0.25) is 10.6 Å². The van der Waals surface area contributed by atoms with E-state index in [0.29, 0.717) is 12.8 Å². The molecule has 0 fully saturated rings. The van der Waals surface area contributed by atoms with Crippen LogP contribution in [0.25, 0.3) is 0 Å². The number of hydrogen-bond acceptors (Lipinski definition) is 4. The topological polar surface area (TPSA) is 84.4 Å². The monoisotopic (exact) mass is 174 g/mol. The standard InChI is InChI=1S/C7H18N4O/c1-6(8)4-7(2,10-5-12)11(3)9/h5-6H,4,8-9H2,1-3H3,(H,10,12). The number of rotatable bonds is 5. The van der Waals surface area contributed by atoms with Crippen LogP contribution in [0.4, 0.5) is 0 Å². The van der Waals surface area contributed by atoms with Gasteiger partial charge in [-0.05, 0) is 20.3 Å².